The van der Waals surface area contributed by atoms with E-state index in [2.05, 4.69) is 5.32 Å². The van der Waals surface area contributed by atoms with E-state index in [0.29, 0.717) is 16.8 Å². The minimum absolute atomic E-state index is 0.271. The fourth-order valence-electron chi connectivity index (χ4n) is 5.50. The lowest BCUT2D eigenvalue weighted by Gasteiger charge is -2.30. The molecule has 0 radical (unpaired) electrons. The Morgan fingerprint density at radius 3 is 2.26 bits per heavy atom. The van der Waals surface area contributed by atoms with Crippen molar-refractivity contribution in [2.24, 2.45) is 5.92 Å². The van der Waals surface area contributed by atoms with Crippen molar-refractivity contribution in [1.82, 2.24) is 4.90 Å². The van der Waals surface area contributed by atoms with Crippen LogP contribution in [0, 0.1) is 25.6 Å². The van der Waals surface area contributed by atoms with Crippen molar-refractivity contribution in [3.8, 4) is 0 Å². The van der Waals surface area contributed by atoms with Gasteiger partial charge in [0.15, 0.2) is 5.78 Å². The number of carboxylic acid groups (broad SMARTS) is 1. The lowest BCUT2D eigenvalue weighted by atomic mass is 9.77. The number of nitrogens with zero attached hydrogens (tertiary/aromatic N) is 1. The number of thiophene rings is 1. The first-order chi connectivity index (χ1) is 18.8. The van der Waals surface area contributed by atoms with E-state index in [9.17, 15) is 23.9 Å². The number of urea groups is 1. The molecule has 0 spiro atoms. The first-order valence-electron chi connectivity index (χ1n) is 12.5. The average Bonchev–Trinajstić information content (AvgIpc) is 3.50. The van der Waals surface area contributed by atoms with Gasteiger partial charge in [-0.05, 0) is 66.8 Å². The van der Waals surface area contributed by atoms with E-state index in [4.69, 9.17) is 0 Å². The van der Waals surface area contributed by atoms with Gasteiger partial charge in [0.25, 0.3) is 0 Å². The number of aliphatic carboxylic acids is 1. The Labute approximate surface area is 229 Å². The molecule has 1 fully saturated rings. The standard InChI is InChI=1S/C31H27FN2O4S/c1-18-7-6-8-21(17-18)28(35)25-24(20-11-13-22(32)14-12-20)27(30(36)37)34(26(25)29-19(2)15-16-39-29)31(38)33-23-9-4-3-5-10-23/h3-17,24-27H,1-2H3,(H,33,38)(H,36,37). The second-order valence-corrected chi connectivity index (χ2v) is 10.7. The lowest BCUT2D eigenvalue weighted by molar-refractivity contribution is -0.142. The third kappa shape index (κ3) is 5.07. The van der Waals surface area contributed by atoms with E-state index in [1.54, 1.807) is 42.5 Å². The number of amides is 2. The molecule has 2 amide bonds. The Morgan fingerprint density at radius 2 is 1.64 bits per heavy atom. The largest absolute Gasteiger partial charge is 0.480 e. The van der Waals surface area contributed by atoms with Crippen LogP contribution < -0.4 is 5.32 Å². The number of carboxylic acids is 1. The number of Topliss-reactive ketones (excluding diaryl/α,β-unsaturated/α-hetero) is 1. The Morgan fingerprint density at radius 1 is 0.923 bits per heavy atom. The van der Waals surface area contributed by atoms with Gasteiger partial charge in [0.05, 0.1) is 12.0 Å². The molecule has 1 aliphatic rings. The molecule has 1 aromatic heterocycles. The predicted molar refractivity (Wildman–Crippen MR) is 149 cm³/mol. The maximum Gasteiger partial charge on any atom is 0.327 e. The van der Waals surface area contributed by atoms with Crippen molar-refractivity contribution in [3.05, 3.63) is 123 Å². The number of hydrogen-bond donors (Lipinski definition) is 2. The van der Waals surface area contributed by atoms with E-state index in [1.807, 2.05) is 37.4 Å². The zero-order valence-electron chi connectivity index (χ0n) is 21.4. The van der Waals surface area contributed by atoms with Crippen LogP contribution in [0.2, 0.25) is 0 Å². The molecular weight excluding hydrogens is 515 g/mol. The van der Waals surface area contributed by atoms with Gasteiger partial charge < -0.3 is 15.3 Å². The van der Waals surface area contributed by atoms with E-state index in [-0.39, 0.29) is 5.78 Å². The number of anilines is 1. The first-order valence-corrected chi connectivity index (χ1v) is 13.4. The summed E-state index contributed by atoms with van der Waals surface area (Å²) in [4.78, 5) is 43.3. The van der Waals surface area contributed by atoms with Gasteiger partial charge in [0, 0.05) is 22.0 Å². The highest BCUT2D eigenvalue weighted by Gasteiger charge is 2.58. The van der Waals surface area contributed by atoms with Gasteiger partial charge in [-0.15, -0.1) is 11.3 Å². The number of hydrogen-bond acceptors (Lipinski definition) is 4. The molecule has 2 N–H and O–H groups in total. The first kappa shape index (κ1) is 26.3. The lowest BCUT2D eigenvalue weighted by Crippen LogP contribution is -2.45. The van der Waals surface area contributed by atoms with Crippen molar-refractivity contribution in [2.45, 2.75) is 31.8 Å². The third-order valence-electron chi connectivity index (χ3n) is 7.21. The molecule has 1 saturated heterocycles. The highest BCUT2D eigenvalue weighted by Crippen LogP contribution is 2.53. The van der Waals surface area contributed by atoms with E-state index < -0.39 is 41.7 Å². The zero-order chi connectivity index (χ0) is 27.7. The van der Waals surface area contributed by atoms with E-state index >= 15 is 0 Å². The summed E-state index contributed by atoms with van der Waals surface area (Å²) in [6, 6.07) is 20.4. The van der Waals surface area contributed by atoms with E-state index in [0.717, 1.165) is 16.0 Å². The molecule has 6 nitrogen and oxygen atoms in total. The quantitative estimate of drug-likeness (QED) is 0.262. The Kier molecular flexibility index (Phi) is 7.30. The van der Waals surface area contributed by atoms with Gasteiger partial charge in [0.1, 0.15) is 11.9 Å². The molecule has 4 atom stereocenters. The van der Waals surface area contributed by atoms with Crippen molar-refractivity contribution < 1.29 is 23.9 Å². The molecule has 1 aliphatic heterocycles. The molecule has 3 aromatic carbocycles. The van der Waals surface area contributed by atoms with Gasteiger partial charge in [-0.1, -0.05) is 54.1 Å². The van der Waals surface area contributed by atoms with Crippen LogP contribution >= 0.6 is 11.3 Å². The van der Waals surface area contributed by atoms with Gasteiger partial charge in [-0.25, -0.2) is 14.0 Å². The highest BCUT2D eigenvalue weighted by molar-refractivity contribution is 7.10. The number of para-hydroxylation sites is 1. The van der Waals surface area contributed by atoms with Gasteiger partial charge in [-0.2, -0.15) is 0 Å². The maximum absolute atomic E-state index is 14.3. The van der Waals surface area contributed by atoms with Crippen LogP contribution in [0.25, 0.3) is 0 Å². The number of carbonyl (C=O) groups is 3. The maximum atomic E-state index is 14.3. The number of nitrogens with one attached hydrogen (secondary N) is 1. The summed E-state index contributed by atoms with van der Waals surface area (Å²) >= 11 is 1.38. The molecule has 0 aliphatic carbocycles. The van der Waals surface area contributed by atoms with Crippen LogP contribution in [-0.4, -0.2) is 33.8 Å². The molecule has 39 heavy (non-hydrogen) atoms. The van der Waals surface area contributed by atoms with Crippen LogP contribution in [0.1, 0.15) is 43.9 Å². The number of halogens is 1. The Hall–Kier alpha value is -4.30. The number of rotatable bonds is 6. The normalized spacial score (nSPS) is 20.5. The minimum atomic E-state index is -1.38. The summed E-state index contributed by atoms with van der Waals surface area (Å²) in [6.45, 7) is 3.76. The number of benzene rings is 3. The number of aryl methyl sites for hydroxylation is 2. The summed E-state index contributed by atoms with van der Waals surface area (Å²) in [5.41, 5.74) is 3.15. The van der Waals surface area contributed by atoms with Crippen molar-refractivity contribution in [3.63, 3.8) is 0 Å². The van der Waals surface area contributed by atoms with E-state index in [1.165, 1.54) is 40.5 Å². The molecule has 2 heterocycles. The van der Waals surface area contributed by atoms with Gasteiger partial charge >= 0.3 is 12.0 Å². The van der Waals surface area contributed by atoms with Crippen LogP contribution in [0.5, 0.6) is 0 Å². The second kappa shape index (κ2) is 10.8. The summed E-state index contributed by atoms with van der Waals surface area (Å²) in [5, 5.41) is 15.3. The third-order valence-corrected chi connectivity index (χ3v) is 8.30. The fraction of sp³-hybridized carbons (Fsp3) is 0.194. The van der Waals surface area contributed by atoms with Crippen LogP contribution in [-0.2, 0) is 4.79 Å². The number of likely N-dealkylation sites (tertiary alicyclic amines) is 1. The van der Waals surface area contributed by atoms with Gasteiger partial charge in [0.2, 0.25) is 0 Å². The molecule has 198 valence electrons. The van der Waals surface area contributed by atoms with Gasteiger partial charge in [-0.3, -0.25) is 4.79 Å². The molecule has 8 heteroatoms. The molecule has 0 bridgehead atoms. The summed E-state index contributed by atoms with van der Waals surface area (Å²) < 4.78 is 13.9. The SMILES string of the molecule is Cc1cccc(C(=O)C2C(c3ccc(F)cc3)C(C(=O)O)N(C(=O)Nc3ccccc3)C2c2sccc2C)c1. The minimum Gasteiger partial charge on any atom is -0.480 e. The van der Waals surface area contributed by atoms with Crippen molar-refractivity contribution in [1.29, 1.82) is 0 Å². The van der Waals surface area contributed by atoms with Crippen LogP contribution in [0.3, 0.4) is 0 Å². The van der Waals surface area contributed by atoms with Crippen molar-refractivity contribution in [2.75, 3.05) is 5.32 Å². The summed E-state index contributed by atoms with van der Waals surface area (Å²) in [5.74, 6) is -3.85. The second-order valence-electron chi connectivity index (χ2n) is 9.74. The molecule has 4 unspecified atom stereocenters. The monoisotopic (exact) mass is 542 g/mol. The van der Waals surface area contributed by atoms with Crippen molar-refractivity contribution >= 4 is 34.8 Å². The molecule has 5 rings (SSSR count). The topological polar surface area (TPSA) is 86.7 Å². The predicted octanol–water partition coefficient (Wildman–Crippen LogP) is 6.83. The van der Waals surface area contributed by atoms with Crippen LogP contribution in [0.15, 0.2) is 90.3 Å². The molecule has 4 aromatic rings. The summed E-state index contributed by atoms with van der Waals surface area (Å²) in [7, 11) is 0. The fourth-order valence-corrected chi connectivity index (χ4v) is 6.57. The molecular formula is C31H27FN2O4S. The summed E-state index contributed by atoms with van der Waals surface area (Å²) in [6.07, 6.45) is 0. The Balaban J connectivity index is 1.73. The smallest absolute Gasteiger partial charge is 0.327 e. The Bertz CT molecular complexity index is 1520. The number of carbonyl (C=O) groups excluding carboxylic acids is 2. The molecule has 0 saturated carbocycles. The highest BCUT2D eigenvalue weighted by atomic mass is 32.1. The zero-order valence-corrected chi connectivity index (χ0v) is 22.2. The van der Waals surface area contributed by atoms with Crippen LogP contribution in [0.4, 0.5) is 14.9 Å². The number of ketones is 1. The average molecular weight is 543 g/mol.